The molecule has 0 atom stereocenters. The van der Waals surface area contributed by atoms with Gasteiger partial charge in [-0.25, -0.2) is 26.3 Å². The van der Waals surface area contributed by atoms with E-state index in [4.69, 9.17) is 11.5 Å². The minimum atomic E-state index is -6.02. The quantitative estimate of drug-likeness (QED) is 0.179. The molecular weight excluding hydrogens is 597 g/mol. The summed E-state index contributed by atoms with van der Waals surface area (Å²) < 4.78 is 213. The predicted molar refractivity (Wildman–Crippen MR) is 103 cm³/mol. The van der Waals surface area contributed by atoms with Gasteiger partial charge in [-0.1, -0.05) is 0 Å². The number of rotatable bonds is 4. The van der Waals surface area contributed by atoms with Gasteiger partial charge in [0.1, 0.15) is 34.0 Å². The van der Waals surface area contributed by atoms with Crippen LogP contribution in [0.5, 0.6) is 23.0 Å². The molecule has 0 saturated heterocycles. The van der Waals surface area contributed by atoms with E-state index >= 15 is 0 Å². The van der Waals surface area contributed by atoms with Gasteiger partial charge >= 0.3 is 18.5 Å². The minimum absolute atomic E-state index is 0.118. The minimum Gasteiger partial charge on any atom is -0.453 e. The van der Waals surface area contributed by atoms with Gasteiger partial charge < -0.3 is 20.9 Å². The van der Waals surface area contributed by atoms with Crippen LogP contribution in [0.15, 0.2) is 18.2 Å². The maximum atomic E-state index is 14.4. The van der Waals surface area contributed by atoms with Crippen LogP contribution in [0.1, 0.15) is 16.7 Å². The van der Waals surface area contributed by atoms with Gasteiger partial charge in [-0.05, 0) is 12.1 Å². The number of hydrogen-bond acceptors (Lipinski definition) is 4. The third-order valence-electron chi connectivity index (χ3n) is 4.88. The number of halogens is 15. The fourth-order valence-electron chi connectivity index (χ4n) is 3.12. The van der Waals surface area contributed by atoms with Crippen molar-refractivity contribution in [1.29, 1.82) is 0 Å². The lowest BCUT2D eigenvalue weighted by atomic mass is 10.1. The Kier molecular flexibility index (Phi) is 7.42. The average Bonchev–Trinajstić information content (AvgIpc) is 2.81. The van der Waals surface area contributed by atoms with Crippen LogP contribution in [-0.4, -0.2) is 0 Å². The number of nitrogen functional groups attached to an aromatic ring is 2. The van der Waals surface area contributed by atoms with Gasteiger partial charge in [0, 0.05) is 6.07 Å². The molecule has 40 heavy (non-hydrogen) atoms. The van der Waals surface area contributed by atoms with Crippen LogP contribution in [0.25, 0.3) is 0 Å². The summed E-state index contributed by atoms with van der Waals surface area (Å²) in [5, 5.41) is 0. The highest BCUT2D eigenvalue weighted by Gasteiger charge is 2.45. The highest BCUT2D eigenvalue weighted by molar-refractivity contribution is 5.58. The molecule has 0 unspecified atom stereocenters. The smallest absolute Gasteiger partial charge is 0.423 e. The van der Waals surface area contributed by atoms with Crippen LogP contribution < -0.4 is 20.9 Å². The van der Waals surface area contributed by atoms with Gasteiger partial charge in [0.2, 0.25) is 0 Å². The Labute approximate surface area is 210 Å². The fourth-order valence-corrected chi connectivity index (χ4v) is 3.12. The number of ether oxygens (including phenoxy) is 2. The normalized spacial score (nSPS) is 12.6. The molecule has 4 N–H and O–H groups in total. The Morgan fingerprint density at radius 1 is 0.500 bits per heavy atom. The summed E-state index contributed by atoms with van der Waals surface area (Å²) in [4.78, 5) is 0. The number of anilines is 2. The summed E-state index contributed by atoms with van der Waals surface area (Å²) >= 11 is 0. The molecule has 0 saturated carbocycles. The number of hydrogen-bond donors (Lipinski definition) is 2. The van der Waals surface area contributed by atoms with Gasteiger partial charge in [-0.15, -0.1) is 0 Å². The number of nitrogens with two attached hydrogens (primary N) is 2. The van der Waals surface area contributed by atoms with E-state index in [0.29, 0.717) is 0 Å². The molecule has 0 aliphatic carbocycles. The van der Waals surface area contributed by atoms with E-state index in [2.05, 4.69) is 9.47 Å². The maximum absolute atomic E-state index is 14.4. The Balaban J connectivity index is 2.29. The third kappa shape index (κ3) is 5.31. The molecular formula is C21H7F15N2O2. The van der Waals surface area contributed by atoms with Crippen LogP contribution in [0.3, 0.4) is 0 Å². The first-order chi connectivity index (χ1) is 18.1. The first-order valence-electron chi connectivity index (χ1n) is 9.72. The van der Waals surface area contributed by atoms with Gasteiger partial charge in [0.25, 0.3) is 0 Å². The highest BCUT2D eigenvalue weighted by Crippen LogP contribution is 2.49. The summed E-state index contributed by atoms with van der Waals surface area (Å²) in [6.07, 6.45) is -17.5. The molecule has 3 aromatic rings. The molecule has 0 bridgehead atoms. The zero-order valence-corrected chi connectivity index (χ0v) is 18.4. The van der Waals surface area contributed by atoms with E-state index in [-0.39, 0.29) is 18.2 Å². The molecule has 0 amide bonds. The monoisotopic (exact) mass is 604 g/mol. The molecule has 3 rings (SSSR count). The van der Waals surface area contributed by atoms with E-state index < -0.39 is 104 Å². The van der Waals surface area contributed by atoms with Crippen LogP contribution in [0.4, 0.5) is 77.2 Å². The first kappa shape index (κ1) is 30.4. The van der Waals surface area contributed by atoms with Gasteiger partial charge in [-0.2, -0.15) is 39.5 Å². The van der Waals surface area contributed by atoms with E-state index in [1.807, 2.05) is 0 Å². The fraction of sp³-hybridized carbons (Fsp3) is 0.143. The van der Waals surface area contributed by atoms with Crippen LogP contribution in [0, 0.1) is 34.9 Å². The summed E-state index contributed by atoms with van der Waals surface area (Å²) in [6.45, 7) is 0. The van der Waals surface area contributed by atoms with Crippen LogP contribution >= 0.6 is 0 Å². The summed E-state index contributed by atoms with van der Waals surface area (Å²) in [5.74, 6) is -23.7. The van der Waals surface area contributed by atoms with Gasteiger partial charge in [0.15, 0.2) is 46.4 Å². The largest absolute Gasteiger partial charge is 0.453 e. The van der Waals surface area contributed by atoms with Crippen molar-refractivity contribution in [2.45, 2.75) is 18.5 Å². The van der Waals surface area contributed by atoms with Crippen molar-refractivity contribution in [3.63, 3.8) is 0 Å². The van der Waals surface area contributed by atoms with Gasteiger partial charge in [-0.3, -0.25) is 0 Å². The first-order valence-corrected chi connectivity index (χ1v) is 9.72. The Hall–Kier alpha value is -4.19. The Morgan fingerprint density at radius 3 is 1.27 bits per heavy atom. The van der Waals surface area contributed by atoms with Crippen molar-refractivity contribution in [1.82, 2.24) is 0 Å². The average molecular weight is 604 g/mol. The SMILES string of the molecule is Nc1c(F)c(F)c(C(F)(F)F)c(Oc2ccc(C(F)(F)F)c(Oc3c(F)c(N)c(F)c(F)c3C(F)(F)F)c2)c1F. The molecule has 0 aliphatic rings. The van der Waals surface area contributed by atoms with Crippen molar-refractivity contribution >= 4 is 11.4 Å². The van der Waals surface area contributed by atoms with Crippen LogP contribution in [-0.2, 0) is 18.5 Å². The van der Waals surface area contributed by atoms with Crippen molar-refractivity contribution < 1.29 is 75.3 Å². The second kappa shape index (κ2) is 9.77. The molecule has 218 valence electrons. The second-order valence-corrected chi connectivity index (χ2v) is 7.47. The highest BCUT2D eigenvalue weighted by atomic mass is 19.4. The van der Waals surface area contributed by atoms with Gasteiger partial charge in [0.05, 0.1) is 5.56 Å². The second-order valence-electron chi connectivity index (χ2n) is 7.47. The summed E-state index contributed by atoms with van der Waals surface area (Å²) in [7, 11) is 0. The van der Waals surface area contributed by atoms with Crippen LogP contribution in [0.2, 0.25) is 0 Å². The van der Waals surface area contributed by atoms with E-state index in [0.717, 1.165) is 0 Å². The molecule has 0 spiro atoms. The van der Waals surface area contributed by atoms with E-state index in [9.17, 15) is 65.9 Å². The number of benzene rings is 3. The Bertz CT molecular complexity index is 1490. The standard InChI is InChI=1S/C21H7F15N2O2/c22-9-7(20(31,32)33)17(13(26)15(37)11(9)24)39-4-1-2-5(19(28,29)30)6(3-4)40-18-8(21(34,35)36)10(23)12(25)16(38)14(18)27/h1-3H,37-38H2. The summed E-state index contributed by atoms with van der Waals surface area (Å²) in [6, 6.07) is -0.224. The zero-order valence-electron chi connectivity index (χ0n) is 18.4. The molecule has 0 heterocycles. The molecule has 4 nitrogen and oxygen atoms in total. The number of alkyl halides is 9. The van der Waals surface area contributed by atoms with E-state index in [1.165, 1.54) is 0 Å². The Morgan fingerprint density at radius 2 is 0.900 bits per heavy atom. The predicted octanol–water partition coefficient (Wildman–Crippen LogP) is 8.33. The van der Waals surface area contributed by atoms with Crippen molar-refractivity contribution in [2.75, 3.05) is 11.5 Å². The molecule has 19 heteroatoms. The summed E-state index contributed by atoms with van der Waals surface area (Å²) in [5.41, 5.74) is -1.95. The molecule has 0 radical (unpaired) electrons. The molecule has 0 aromatic heterocycles. The van der Waals surface area contributed by atoms with Crippen molar-refractivity contribution in [3.05, 3.63) is 69.8 Å². The maximum Gasteiger partial charge on any atom is 0.423 e. The lowest BCUT2D eigenvalue weighted by Gasteiger charge is -2.21. The lowest BCUT2D eigenvalue weighted by molar-refractivity contribution is -0.142. The van der Waals surface area contributed by atoms with Crippen molar-refractivity contribution in [3.8, 4) is 23.0 Å². The lowest BCUT2D eigenvalue weighted by Crippen LogP contribution is -2.16. The van der Waals surface area contributed by atoms with Crippen molar-refractivity contribution in [2.24, 2.45) is 0 Å². The molecule has 3 aromatic carbocycles. The van der Waals surface area contributed by atoms with E-state index in [1.54, 1.807) is 0 Å². The third-order valence-corrected chi connectivity index (χ3v) is 4.88. The molecule has 0 fully saturated rings. The topological polar surface area (TPSA) is 70.5 Å². The zero-order chi connectivity index (χ0) is 30.7. The molecule has 0 aliphatic heterocycles.